The summed E-state index contributed by atoms with van der Waals surface area (Å²) in [6.45, 7) is 1.89. The minimum Gasteiger partial charge on any atom is -0.395 e. The molecule has 0 heterocycles. The lowest BCUT2D eigenvalue weighted by Crippen LogP contribution is -2.40. The van der Waals surface area contributed by atoms with Crippen molar-refractivity contribution >= 4 is 46.9 Å². The number of hydrogen-bond donors (Lipinski definition) is 2. The van der Waals surface area contributed by atoms with Crippen molar-refractivity contribution in [3.63, 3.8) is 0 Å². The molecule has 20 heavy (non-hydrogen) atoms. The second-order valence-electron chi connectivity index (χ2n) is 4.26. The van der Waals surface area contributed by atoms with E-state index >= 15 is 0 Å². The van der Waals surface area contributed by atoms with Crippen LogP contribution in [0, 0.1) is 0 Å². The van der Waals surface area contributed by atoms with E-state index in [1.807, 2.05) is 13.2 Å². The van der Waals surface area contributed by atoms with Crippen molar-refractivity contribution in [2.45, 2.75) is 18.2 Å². The van der Waals surface area contributed by atoms with Gasteiger partial charge in [0, 0.05) is 17.4 Å². The summed E-state index contributed by atoms with van der Waals surface area (Å²) in [4.78, 5) is 11.8. The van der Waals surface area contributed by atoms with E-state index in [0.29, 0.717) is 10.0 Å². The standard InChI is InChI=1S/C14H17Cl2NO2S/c1-9(13(8-18)20-2)17-14(19)6-4-10-3-5-11(15)12(16)7-10/h3-7,9,13,18H,8H2,1-2H3,(H,17,19)/b6-4+. The first kappa shape index (κ1) is 17.4. The van der Waals surface area contributed by atoms with Gasteiger partial charge in [-0.25, -0.2) is 0 Å². The quantitative estimate of drug-likeness (QED) is 0.786. The Balaban J connectivity index is 2.61. The molecule has 1 rings (SSSR count). The predicted molar refractivity (Wildman–Crippen MR) is 87.5 cm³/mol. The van der Waals surface area contributed by atoms with E-state index in [-0.39, 0.29) is 23.8 Å². The summed E-state index contributed by atoms with van der Waals surface area (Å²) in [6, 6.07) is 5.04. The zero-order valence-electron chi connectivity index (χ0n) is 11.3. The molecule has 0 aromatic heterocycles. The summed E-state index contributed by atoms with van der Waals surface area (Å²) < 4.78 is 0. The molecule has 2 atom stereocenters. The zero-order valence-corrected chi connectivity index (χ0v) is 13.6. The number of benzene rings is 1. The van der Waals surface area contributed by atoms with Gasteiger partial charge in [-0.3, -0.25) is 4.79 Å². The predicted octanol–water partition coefficient (Wildman–Crippen LogP) is 3.24. The SMILES string of the molecule is CSC(CO)C(C)NC(=O)/C=C/c1ccc(Cl)c(Cl)c1. The Kier molecular flexibility index (Phi) is 7.45. The van der Waals surface area contributed by atoms with Gasteiger partial charge < -0.3 is 10.4 Å². The fourth-order valence-electron chi connectivity index (χ4n) is 1.59. The number of aliphatic hydroxyl groups excluding tert-OH is 1. The first-order chi connectivity index (χ1) is 9.47. The molecule has 0 aliphatic carbocycles. The molecule has 0 saturated carbocycles. The molecule has 3 nitrogen and oxygen atoms in total. The monoisotopic (exact) mass is 333 g/mol. The zero-order chi connectivity index (χ0) is 15.1. The van der Waals surface area contributed by atoms with Crippen molar-refractivity contribution in [2.24, 2.45) is 0 Å². The molecule has 0 aliphatic rings. The molecule has 0 fully saturated rings. The van der Waals surface area contributed by atoms with Crippen molar-refractivity contribution in [1.29, 1.82) is 0 Å². The van der Waals surface area contributed by atoms with E-state index in [4.69, 9.17) is 28.3 Å². The number of aliphatic hydroxyl groups is 1. The molecule has 6 heteroatoms. The van der Waals surface area contributed by atoms with Crippen molar-refractivity contribution in [3.05, 3.63) is 39.9 Å². The number of nitrogens with one attached hydrogen (secondary N) is 1. The van der Waals surface area contributed by atoms with Crippen molar-refractivity contribution in [1.82, 2.24) is 5.32 Å². The Labute approximate surface area is 133 Å². The molecule has 110 valence electrons. The Morgan fingerprint density at radius 3 is 2.70 bits per heavy atom. The van der Waals surface area contributed by atoms with Crippen molar-refractivity contribution < 1.29 is 9.90 Å². The number of carbonyl (C=O) groups is 1. The normalized spacial score (nSPS) is 14.2. The molecular weight excluding hydrogens is 317 g/mol. The van der Waals surface area contributed by atoms with Crippen LogP contribution in [0.4, 0.5) is 0 Å². The Bertz CT molecular complexity index is 490. The molecule has 0 bridgehead atoms. The average Bonchev–Trinajstić information content (AvgIpc) is 2.41. The third-order valence-electron chi connectivity index (χ3n) is 2.78. The molecular formula is C14H17Cl2NO2S. The van der Waals surface area contributed by atoms with E-state index in [0.717, 1.165) is 5.56 Å². The van der Waals surface area contributed by atoms with E-state index < -0.39 is 0 Å². The summed E-state index contributed by atoms with van der Waals surface area (Å²) in [6.07, 6.45) is 5.00. The first-order valence-electron chi connectivity index (χ1n) is 6.05. The number of amides is 1. The number of hydrogen-bond acceptors (Lipinski definition) is 3. The van der Waals surface area contributed by atoms with Gasteiger partial charge in [-0.1, -0.05) is 29.3 Å². The smallest absolute Gasteiger partial charge is 0.244 e. The number of thioether (sulfide) groups is 1. The molecule has 0 radical (unpaired) electrons. The van der Waals surface area contributed by atoms with Gasteiger partial charge in [0.1, 0.15) is 0 Å². The molecule has 2 N–H and O–H groups in total. The van der Waals surface area contributed by atoms with Crippen LogP contribution in [0.1, 0.15) is 12.5 Å². The summed E-state index contributed by atoms with van der Waals surface area (Å²) in [5, 5.41) is 12.9. The van der Waals surface area contributed by atoms with Crippen LogP contribution in [-0.4, -0.2) is 35.2 Å². The highest BCUT2D eigenvalue weighted by molar-refractivity contribution is 7.99. The lowest BCUT2D eigenvalue weighted by atomic mass is 10.2. The van der Waals surface area contributed by atoms with Gasteiger partial charge in [0.25, 0.3) is 0 Å². The first-order valence-corrected chi connectivity index (χ1v) is 8.09. The van der Waals surface area contributed by atoms with Gasteiger partial charge in [0.15, 0.2) is 0 Å². The van der Waals surface area contributed by atoms with E-state index in [1.54, 1.807) is 24.3 Å². The van der Waals surface area contributed by atoms with Crippen LogP contribution in [-0.2, 0) is 4.79 Å². The van der Waals surface area contributed by atoms with Crippen LogP contribution in [0.15, 0.2) is 24.3 Å². The molecule has 1 amide bonds. The molecule has 0 aliphatic heterocycles. The highest BCUT2D eigenvalue weighted by atomic mass is 35.5. The fraction of sp³-hybridized carbons (Fsp3) is 0.357. The Hall–Kier alpha value is -0.680. The largest absolute Gasteiger partial charge is 0.395 e. The number of halogens is 2. The Morgan fingerprint density at radius 2 is 2.15 bits per heavy atom. The minimum absolute atomic E-state index is 0.0164. The van der Waals surface area contributed by atoms with Crippen LogP contribution in [0.25, 0.3) is 6.08 Å². The van der Waals surface area contributed by atoms with Crippen molar-refractivity contribution in [2.75, 3.05) is 12.9 Å². The summed E-state index contributed by atoms with van der Waals surface area (Å²) in [5.74, 6) is -0.212. The lowest BCUT2D eigenvalue weighted by molar-refractivity contribution is -0.117. The van der Waals surface area contributed by atoms with Crippen LogP contribution in [0.2, 0.25) is 10.0 Å². The van der Waals surface area contributed by atoms with E-state index in [1.165, 1.54) is 17.8 Å². The number of carbonyl (C=O) groups excluding carboxylic acids is 1. The van der Waals surface area contributed by atoms with Crippen LogP contribution in [0.5, 0.6) is 0 Å². The minimum atomic E-state index is -0.212. The third kappa shape index (κ3) is 5.37. The van der Waals surface area contributed by atoms with Crippen LogP contribution >= 0.6 is 35.0 Å². The van der Waals surface area contributed by atoms with Crippen molar-refractivity contribution in [3.8, 4) is 0 Å². The van der Waals surface area contributed by atoms with E-state index in [9.17, 15) is 4.79 Å². The topological polar surface area (TPSA) is 49.3 Å². The second kappa shape index (κ2) is 8.57. The van der Waals surface area contributed by atoms with Gasteiger partial charge >= 0.3 is 0 Å². The maximum absolute atomic E-state index is 11.8. The van der Waals surface area contributed by atoms with Gasteiger partial charge in [-0.15, -0.1) is 0 Å². The maximum Gasteiger partial charge on any atom is 0.244 e. The highest BCUT2D eigenvalue weighted by Gasteiger charge is 2.15. The molecule has 0 spiro atoms. The Morgan fingerprint density at radius 1 is 1.45 bits per heavy atom. The third-order valence-corrected chi connectivity index (χ3v) is 4.68. The van der Waals surface area contributed by atoms with Gasteiger partial charge in [0.2, 0.25) is 5.91 Å². The van der Waals surface area contributed by atoms with Gasteiger partial charge in [-0.2, -0.15) is 11.8 Å². The van der Waals surface area contributed by atoms with E-state index in [2.05, 4.69) is 5.32 Å². The summed E-state index contributed by atoms with van der Waals surface area (Å²) in [5.41, 5.74) is 0.797. The average molecular weight is 334 g/mol. The molecule has 2 unspecified atom stereocenters. The van der Waals surface area contributed by atoms with Gasteiger partial charge in [-0.05, 0) is 37.0 Å². The second-order valence-corrected chi connectivity index (χ2v) is 6.15. The highest BCUT2D eigenvalue weighted by Crippen LogP contribution is 2.23. The molecule has 1 aromatic carbocycles. The van der Waals surface area contributed by atoms with Gasteiger partial charge in [0.05, 0.1) is 16.7 Å². The number of rotatable bonds is 6. The summed E-state index contributed by atoms with van der Waals surface area (Å²) >= 11 is 13.2. The maximum atomic E-state index is 11.8. The van der Waals surface area contributed by atoms with Crippen LogP contribution in [0.3, 0.4) is 0 Å². The summed E-state index contributed by atoms with van der Waals surface area (Å²) in [7, 11) is 0. The fourth-order valence-corrected chi connectivity index (χ4v) is 2.52. The molecule has 0 saturated heterocycles. The van der Waals surface area contributed by atoms with Crippen LogP contribution < -0.4 is 5.32 Å². The lowest BCUT2D eigenvalue weighted by Gasteiger charge is -2.20. The molecule has 1 aromatic rings.